The van der Waals surface area contributed by atoms with Crippen molar-refractivity contribution in [1.29, 1.82) is 0 Å². The molecule has 104 valence electrons. The largest absolute Gasteiger partial charge is 0.365 e. The Morgan fingerprint density at radius 2 is 2.26 bits per heavy atom. The molecule has 1 aromatic carbocycles. The Labute approximate surface area is 118 Å². The van der Waals surface area contributed by atoms with Crippen LogP contribution in [-0.4, -0.2) is 31.8 Å². The summed E-state index contributed by atoms with van der Waals surface area (Å²) in [5.41, 5.74) is 8.00. The van der Waals surface area contributed by atoms with Crippen LogP contribution in [0.15, 0.2) is 23.1 Å². The van der Waals surface area contributed by atoms with Crippen LogP contribution in [0.25, 0.3) is 0 Å². The zero-order valence-corrected chi connectivity index (χ0v) is 12.3. The molecule has 0 atom stereocenters. The van der Waals surface area contributed by atoms with Crippen molar-refractivity contribution in [1.82, 2.24) is 5.32 Å². The van der Waals surface area contributed by atoms with Crippen LogP contribution < -0.4 is 16.0 Å². The van der Waals surface area contributed by atoms with Crippen molar-refractivity contribution in [2.75, 3.05) is 24.7 Å². The van der Waals surface area contributed by atoms with Gasteiger partial charge in [0.1, 0.15) is 0 Å². The van der Waals surface area contributed by atoms with Gasteiger partial charge in [-0.25, -0.2) is 0 Å². The second-order valence-electron chi connectivity index (χ2n) is 4.86. The molecule has 3 N–H and O–H groups in total. The number of rotatable bonds is 6. The van der Waals surface area contributed by atoms with Crippen LogP contribution in [0, 0.1) is 0 Å². The molecule has 4 nitrogen and oxygen atoms in total. The molecule has 0 unspecified atom stereocenters. The monoisotopic (exact) mass is 279 g/mol. The highest BCUT2D eigenvalue weighted by Crippen LogP contribution is 2.28. The summed E-state index contributed by atoms with van der Waals surface area (Å²) in [6, 6.07) is 6.50. The number of carbonyl (C=O) groups excluding carboxylic acids is 1. The van der Waals surface area contributed by atoms with Gasteiger partial charge < -0.3 is 16.0 Å². The van der Waals surface area contributed by atoms with Gasteiger partial charge in [0.05, 0.1) is 6.54 Å². The summed E-state index contributed by atoms with van der Waals surface area (Å²) in [5, 5.41) is 3.00. The summed E-state index contributed by atoms with van der Waals surface area (Å²) in [7, 11) is 1.94. The molecule has 0 aromatic heterocycles. The van der Waals surface area contributed by atoms with E-state index in [1.165, 1.54) is 4.90 Å². The second-order valence-corrected chi connectivity index (χ2v) is 5.71. The van der Waals surface area contributed by atoms with E-state index in [1.807, 2.05) is 30.3 Å². The number of benzene rings is 1. The Hall–Kier alpha value is -1.20. The molecule has 0 radical (unpaired) electrons. The molecule has 1 saturated carbocycles. The predicted molar refractivity (Wildman–Crippen MR) is 80.5 cm³/mol. The van der Waals surface area contributed by atoms with Gasteiger partial charge in [0.15, 0.2) is 0 Å². The van der Waals surface area contributed by atoms with Crippen molar-refractivity contribution >= 4 is 23.4 Å². The lowest BCUT2D eigenvalue weighted by molar-refractivity contribution is -0.119. The van der Waals surface area contributed by atoms with Gasteiger partial charge in [-0.3, -0.25) is 4.79 Å². The average Bonchev–Trinajstić information content (AvgIpc) is 3.21. The number of nitrogens with one attached hydrogen (secondary N) is 1. The third kappa shape index (κ3) is 3.64. The standard InChI is InChI=1S/C14H21N3OS/c1-17(9-14(18)16-10-6-7-10)12-4-3-5-13(19-2)11(12)8-15/h3-5,10H,6-9,15H2,1-2H3,(H,16,18). The SMILES string of the molecule is CSc1cccc(N(C)CC(=O)NC2CC2)c1CN. The lowest BCUT2D eigenvalue weighted by Gasteiger charge is -2.23. The number of hydrogen-bond acceptors (Lipinski definition) is 4. The maximum absolute atomic E-state index is 11.8. The van der Waals surface area contributed by atoms with Crippen LogP contribution in [0.3, 0.4) is 0 Å². The Morgan fingerprint density at radius 1 is 1.53 bits per heavy atom. The first-order valence-corrected chi connectivity index (χ1v) is 7.74. The Bertz CT molecular complexity index is 460. The maximum atomic E-state index is 11.8. The normalized spacial score (nSPS) is 14.3. The van der Waals surface area contributed by atoms with E-state index in [0.29, 0.717) is 19.1 Å². The van der Waals surface area contributed by atoms with Gasteiger partial charge in [0.25, 0.3) is 0 Å². The zero-order chi connectivity index (χ0) is 13.8. The number of hydrogen-bond donors (Lipinski definition) is 2. The van der Waals surface area contributed by atoms with Gasteiger partial charge in [0.2, 0.25) is 5.91 Å². The molecule has 0 saturated heterocycles. The maximum Gasteiger partial charge on any atom is 0.239 e. The number of nitrogens with two attached hydrogens (primary N) is 1. The topological polar surface area (TPSA) is 58.4 Å². The van der Waals surface area contributed by atoms with Crippen LogP contribution in [-0.2, 0) is 11.3 Å². The van der Waals surface area contributed by atoms with Gasteiger partial charge in [-0.1, -0.05) is 6.07 Å². The summed E-state index contributed by atoms with van der Waals surface area (Å²) < 4.78 is 0. The average molecular weight is 279 g/mol. The molecule has 1 aliphatic rings. The molecule has 19 heavy (non-hydrogen) atoms. The lowest BCUT2D eigenvalue weighted by atomic mass is 10.1. The number of anilines is 1. The lowest BCUT2D eigenvalue weighted by Crippen LogP contribution is -2.36. The summed E-state index contributed by atoms with van der Waals surface area (Å²) in [6.45, 7) is 0.863. The molecule has 1 amide bonds. The first kappa shape index (κ1) is 14.2. The molecular weight excluding hydrogens is 258 g/mol. The fourth-order valence-electron chi connectivity index (χ4n) is 2.11. The van der Waals surface area contributed by atoms with Crippen molar-refractivity contribution < 1.29 is 4.79 Å². The van der Waals surface area contributed by atoms with Crippen molar-refractivity contribution in [2.45, 2.75) is 30.3 Å². The first-order chi connectivity index (χ1) is 9.15. The first-order valence-electron chi connectivity index (χ1n) is 6.52. The molecule has 5 heteroatoms. The summed E-state index contributed by atoms with van der Waals surface area (Å²) in [4.78, 5) is 15.0. The van der Waals surface area contributed by atoms with Crippen molar-refractivity contribution in [3.05, 3.63) is 23.8 Å². The van der Waals surface area contributed by atoms with Crippen LogP contribution in [0.4, 0.5) is 5.69 Å². The van der Waals surface area contributed by atoms with Crippen molar-refractivity contribution in [3.8, 4) is 0 Å². The fraction of sp³-hybridized carbons (Fsp3) is 0.500. The molecule has 1 fully saturated rings. The van der Waals surface area contributed by atoms with Gasteiger partial charge in [-0.15, -0.1) is 11.8 Å². The number of carbonyl (C=O) groups is 1. The van der Waals surface area contributed by atoms with E-state index < -0.39 is 0 Å². The molecule has 0 bridgehead atoms. The van der Waals surface area contributed by atoms with E-state index in [0.717, 1.165) is 24.1 Å². The smallest absolute Gasteiger partial charge is 0.239 e. The van der Waals surface area contributed by atoms with E-state index in [2.05, 4.69) is 11.4 Å². The molecule has 1 aromatic rings. The molecule has 0 spiro atoms. The quantitative estimate of drug-likeness (QED) is 0.776. The number of likely N-dealkylation sites (N-methyl/N-ethyl adjacent to an activating group) is 1. The highest BCUT2D eigenvalue weighted by atomic mass is 32.2. The van der Waals surface area contributed by atoms with E-state index in [1.54, 1.807) is 11.8 Å². The van der Waals surface area contributed by atoms with Gasteiger partial charge in [-0.2, -0.15) is 0 Å². The van der Waals surface area contributed by atoms with E-state index in [-0.39, 0.29) is 5.91 Å². The van der Waals surface area contributed by atoms with E-state index >= 15 is 0 Å². The Kier molecular flexibility index (Phi) is 4.71. The second kappa shape index (κ2) is 6.30. The van der Waals surface area contributed by atoms with Crippen molar-refractivity contribution in [2.24, 2.45) is 5.73 Å². The molecular formula is C14H21N3OS. The summed E-state index contributed by atoms with van der Waals surface area (Å²) in [5.74, 6) is 0.0857. The van der Waals surface area contributed by atoms with Gasteiger partial charge >= 0.3 is 0 Å². The van der Waals surface area contributed by atoms with Crippen molar-refractivity contribution in [3.63, 3.8) is 0 Å². The number of nitrogens with zero attached hydrogens (tertiary/aromatic N) is 1. The minimum Gasteiger partial charge on any atom is -0.365 e. The Balaban J connectivity index is 2.08. The minimum absolute atomic E-state index is 0.0857. The Morgan fingerprint density at radius 3 is 2.84 bits per heavy atom. The van der Waals surface area contributed by atoms with Crippen LogP contribution >= 0.6 is 11.8 Å². The van der Waals surface area contributed by atoms with Gasteiger partial charge in [-0.05, 0) is 31.2 Å². The van der Waals surface area contributed by atoms with E-state index in [9.17, 15) is 4.79 Å². The minimum atomic E-state index is 0.0857. The summed E-state index contributed by atoms with van der Waals surface area (Å²) >= 11 is 1.68. The highest BCUT2D eigenvalue weighted by molar-refractivity contribution is 7.98. The van der Waals surface area contributed by atoms with Crippen LogP contribution in [0.5, 0.6) is 0 Å². The van der Waals surface area contributed by atoms with Crippen LogP contribution in [0.2, 0.25) is 0 Å². The van der Waals surface area contributed by atoms with E-state index in [4.69, 9.17) is 5.73 Å². The molecule has 2 rings (SSSR count). The zero-order valence-electron chi connectivity index (χ0n) is 11.5. The molecule has 0 aliphatic heterocycles. The fourth-order valence-corrected chi connectivity index (χ4v) is 2.76. The molecule has 0 heterocycles. The number of thioether (sulfide) groups is 1. The third-order valence-electron chi connectivity index (χ3n) is 3.27. The predicted octanol–water partition coefficient (Wildman–Crippen LogP) is 1.58. The van der Waals surface area contributed by atoms with Crippen LogP contribution in [0.1, 0.15) is 18.4 Å². The van der Waals surface area contributed by atoms with Gasteiger partial charge in [0, 0.05) is 35.8 Å². The summed E-state index contributed by atoms with van der Waals surface area (Å²) in [6.07, 6.45) is 4.27. The molecule has 1 aliphatic carbocycles. The number of amides is 1. The highest BCUT2D eigenvalue weighted by Gasteiger charge is 2.23. The third-order valence-corrected chi connectivity index (χ3v) is 4.09.